The summed E-state index contributed by atoms with van der Waals surface area (Å²) < 4.78 is 34.5. The van der Waals surface area contributed by atoms with Crippen LogP contribution in [0.4, 0.5) is 0 Å². The molecule has 19 heteroatoms. The number of allylic oxidation sites excluding steroid dienone is 15. The Labute approximate surface area is 698 Å². The SMILES string of the molecule is CC/C=C\C/C=C\C/C=C\C/C=C\C/C=C\C/C=C\CCCCCCCCCCCCCCCCCCCCC(=O)NC(COC1OC(CO)C(OC2OC(CO)C(OC3OC(CO)C(O)C(O)C3O)C(O)C2O)C(O)C1O)C(O)/C=C/CC/C=C/CCCCCCCCCCCCCCCCCCCCCCCCCCCCC. The third-order valence-corrected chi connectivity index (χ3v) is 22.9. The van der Waals surface area contributed by atoms with Gasteiger partial charge in [0.25, 0.3) is 0 Å². The summed E-state index contributed by atoms with van der Waals surface area (Å²) in [6, 6.07) is -0.996. The highest BCUT2D eigenvalue weighted by molar-refractivity contribution is 5.76. The van der Waals surface area contributed by atoms with E-state index in [-0.39, 0.29) is 18.9 Å². The molecule has 668 valence electrons. The van der Waals surface area contributed by atoms with Gasteiger partial charge in [-0.05, 0) is 83.5 Å². The summed E-state index contributed by atoms with van der Waals surface area (Å²) in [6.45, 7) is 1.65. The van der Waals surface area contributed by atoms with Crippen LogP contribution < -0.4 is 5.32 Å². The van der Waals surface area contributed by atoms with Crippen LogP contribution in [0, 0.1) is 0 Å². The number of aliphatic hydroxyl groups is 11. The molecular weight excluding hydrogens is 1460 g/mol. The van der Waals surface area contributed by atoms with Gasteiger partial charge in [-0.25, -0.2) is 0 Å². The highest BCUT2D eigenvalue weighted by Crippen LogP contribution is 2.34. The van der Waals surface area contributed by atoms with Gasteiger partial charge < -0.3 is 89.9 Å². The van der Waals surface area contributed by atoms with Crippen LogP contribution in [0.5, 0.6) is 0 Å². The van der Waals surface area contributed by atoms with Gasteiger partial charge in [0.05, 0.1) is 38.6 Å². The topological polar surface area (TPSA) is 307 Å². The molecule has 0 radical (unpaired) electrons. The van der Waals surface area contributed by atoms with Gasteiger partial charge in [0.15, 0.2) is 18.9 Å². The van der Waals surface area contributed by atoms with E-state index >= 15 is 0 Å². The minimum Gasteiger partial charge on any atom is -0.394 e. The largest absolute Gasteiger partial charge is 0.394 e. The van der Waals surface area contributed by atoms with Crippen molar-refractivity contribution < 1.29 is 89.4 Å². The number of nitrogens with one attached hydrogen (secondary N) is 1. The number of hydrogen-bond donors (Lipinski definition) is 12. The summed E-state index contributed by atoms with van der Waals surface area (Å²) in [4.78, 5) is 13.5. The van der Waals surface area contributed by atoms with E-state index in [0.29, 0.717) is 12.8 Å². The predicted octanol–water partition coefficient (Wildman–Crippen LogP) is 18.6. The molecule has 3 saturated heterocycles. The monoisotopic (exact) mass is 1630 g/mol. The molecule has 17 atom stereocenters. The van der Waals surface area contributed by atoms with E-state index in [1.54, 1.807) is 6.08 Å². The fourth-order valence-electron chi connectivity index (χ4n) is 15.5. The second kappa shape index (κ2) is 74.5. The summed E-state index contributed by atoms with van der Waals surface area (Å²) >= 11 is 0. The maximum Gasteiger partial charge on any atom is 0.220 e. The van der Waals surface area contributed by atoms with Crippen LogP contribution in [0.2, 0.25) is 0 Å². The number of hydrogen-bond acceptors (Lipinski definition) is 18. The molecule has 0 spiro atoms. The lowest BCUT2D eigenvalue weighted by Gasteiger charge is -2.48. The van der Waals surface area contributed by atoms with Gasteiger partial charge in [0, 0.05) is 6.42 Å². The van der Waals surface area contributed by atoms with Gasteiger partial charge in [-0.3, -0.25) is 4.79 Å². The number of rotatable bonds is 76. The molecule has 3 aliphatic heterocycles. The zero-order chi connectivity index (χ0) is 83.1. The highest BCUT2D eigenvalue weighted by atomic mass is 16.8. The molecule has 3 heterocycles. The summed E-state index contributed by atoms with van der Waals surface area (Å²) in [5, 5.41) is 121. The first-order valence-electron chi connectivity index (χ1n) is 47.0. The molecule has 0 aromatic rings. The van der Waals surface area contributed by atoms with Crippen molar-refractivity contribution in [2.45, 2.75) is 478 Å². The molecule has 0 aromatic heterocycles. The van der Waals surface area contributed by atoms with Crippen molar-refractivity contribution >= 4 is 5.91 Å². The first-order valence-corrected chi connectivity index (χ1v) is 47.0. The van der Waals surface area contributed by atoms with Crippen LogP contribution in [0.3, 0.4) is 0 Å². The summed E-state index contributed by atoms with van der Waals surface area (Å²) in [5.74, 6) is -0.282. The van der Waals surface area contributed by atoms with Crippen molar-refractivity contribution in [3.63, 3.8) is 0 Å². The highest BCUT2D eigenvalue weighted by Gasteiger charge is 2.54. The Kier molecular flexibility index (Phi) is 68.6. The molecule has 3 aliphatic rings. The quantitative estimate of drug-likeness (QED) is 0.0199. The molecule has 17 unspecified atom stereocenters. The zero-order valence-electron chi connectivity index (χ0n) is 72.3. The maximum atomic E-state index is 13.5. The minimum atomic E-state index is -1.99. The van der Waals surface area contributed by atoms with Crippen LogP contribution >= 0.6 is 0 Å². The van der Waals surface area contributed by atoms with E-state index < -0.39 is 124 Å². The van der Waals surface area contributed by atoms with E-state index in [1.807, 2.05) is 6.08 Å². The first kappa shape index (κ1) is 106. The van der Waals surface area contributed by atoms with Gasteiger partial charge in [-0.1, -0.05) is 381 Å². The Hall–Kier alpha value is -3.29. The predicted molar refractivity (Wildman–Crippen MR) is 466 cm³/mol. The smallest absolute Gasteiger partial charge is 0.220 e. The molecule has 0 aromatic carbocycles. The number of carbonyl (C=O) groups excluding carboxylic acids is 1. The van der Waals surface area contributed by atoms with Crippen molar-refractivity contribution in [3.8, 4) is 0 Å². The van der Waals surface area contributed by atoms with Gasteiger partial charge in [0.2, 0.25) is 5.91 Å². The molecule has 19 nitrogen and oxygen atoms in total. The van der Waals surface area contributed by atoms with E-state index in [1.165, 1.54) is 263 Å². The zero-order valence-corrected chi connectivity index (χ0v) is 72.3. The lowest BCUT2D eigenvalue weighted by Crippen LogP contribution is -2.66. The fourth-order valence-corrected chi connectivity index (χ4v) is 15.5. The van der Waals surface area contributed by atoms with Gasteiger partial charge >= 0.3 is 0 Å². The van der Waals surface area contributed by atoms with Crippen molar-refractivity contribution in [2.75, 3.05) is 26.4 Å². The van der Waals surface area contributed by atoms with Crippen LogP contribution in [-0.2, 0) is 33.2 Å². The van der Waals surface area contributed by atoms with E-state index in [2.05, 4.69) is 104 Å². The molecule has 12 N–H and O–H groups in total. The number of carbonyl (C=O) groups is 1. The molecule has 3 fully saturated rings. The lowest BCUT2D eigenvalue weighted by atomic mass is 9.96. The fraction of sp³-hybridized carbons (Fsp3) is 0.823. The van der Waals surface area contributed by atoms with E-state index in [9.17, 15) is 61.0 Å². The second-order valence-corrected chi connectivity index (χ2v) is 33.1. The molecular formula is C96H171NO18. The third kappa shape index (κ3) is 52.6. The van der Waals surface area contributed by atoms with Crippen LogP contribution in [-0.4, -0.2) is 193 Å². The van der Waals surface area contributed by atoms with Gasteiger partial charge in [-0.15, -0.1) is 0 Å². The van der Waals surface area contributed by atoms with Crippen LogP contribution in [0.1, 0.15) is 373 Å². The third-order valence-electron chi connectivity index (χ3n) is 22.9. The molecule has 0 aliphatic carbocycles. The number of amides is 1. The summed E-state index contributed by atoms with van der Waals surface area (Å²) in [6.07, 6.45) is 77.1. The number of ether oxygens (including phenoxy) is 6. The average molecular weight is 1630 g/mol. The molecule has 115 heavy (non-hydrogen) atoms. The van der Waals surface area contributed by atoms with Crippen molar-refractivity contribution in [1.29, 1.82) is 0 Å². The molecule has 0 saturated carbocycles. The Morgan fingerprint density at radius 2 is 0.609 bits per heavy atom. The Morgan fingerprint density at radius 3 is 0.974 bits per heavy atom. The molecule has 1 amide bonds. The van der Waals surface area contributed by atoms with Crippen LogP contribution in [0.25, 0.3) is 0 Å². The normalized spacial score (nSPS) is 25.0. The van der Waals surface area contributed by atoms with E-state index in [4.69, 9.17) is 28.4 Å². The molecule has 0 bridgehead atoms. The van der Waals surface area contributed by atoms with E-state index in [0.717, 1.165) is 77.0 Å². The number of unbranched alkanes of at least 4 members (excludes halogenated alkanes) is 46. The Morgan fingerprint density at radius 1 is 0.322 bits per heavy atom. The Balaban J connectivity index is 1.32. The van der Waals surface area contributed by atoms with Crippen molar-refractivity contribution in [2.24, 2.45) is 0 Å². The average Bonchev–Trinajstić information content (AvgIpc) is 0.779. The minimum absolute atomic E-state index is 0.234. The van der Waals surface area contributed by atoms with Crippen LogP contribution in [0.15, 0.2) is 97.2 Å². The standard InChI is InChI=1S/C96H171NO18/c1-3-5-7-9-11-13-15-17-19-21-23-25-27-29-31-33-35-37-38-39-40-42-44-46-48-50-52-54-56-58-60-62-64-66-68-70-72-74-84(102)97-79(80(101)73-71-69-67-65-63-61-59-57-55-53-51-49-47-45-43-41-36-34-32-30-28-26-24-22-20-18-16-14-12-10-8-6-4-2)78-110-94-90(108)87(105)92(82(76-99)112-94)115-96-91(109)88(106)93(83(77-100)113-96)114-95-89(107)86(104)85(103)81(75-98)111-95/h5,7,11,13,17,19,23,25,29,31,35,37,63,65,71,73,79-83,85-96,98-101,103-109H,3-4,6,8-10,12,14-16,18,20-22,24,26-28,30,32-34,36,38-62,64,66-70,72,74-78H2,1-2H3,(H,97,102)/b7-5-,13-11-,19-17-,25-23-,31-29-,37-35-,65-63+,73-71+. The first-order chi connectivity index (χ1) is 56.3. The number of aliphatic hydroxyl groups excluding tert-OH is 11. The summed E-state index contributed by atoms with van der Waals surface area (Å²) in [5.41, 5.74) is 0. The van der Waals surface area contributed by atoms with Gasteiger partial charge in [-0.2, -0.15) is 0 Å². The van der Waals surface area contributed by atoms with Crippen molar-refractivity contribution in [1.82, 2.24) is 5.32 Å². The Bertz CT molecular complexity index is 2450. The lowest BCUT2D eigenvalue weighted by molar-refractivity contribution is -0.379. The second-order valence-electron chi connectivity index (χ2n) is 33.1. The molecule has 3 rings (SSSR count). The maximum absolute atomic E-state index is 13.5. The summed E-state index contributed by atoms with van der Waals surface area (Å²) in [7, 11) is 0. The van der Waals surface area contributed by atoms with Gasteiger partial charge in [0.1, 0.15) is 73.2 Å². The van der Waals surface area contributed by atoms with Crippen molar-refractivity contribution in [3.05, 3.63) is 97.2 Å².